The van der Waals surface area contributed by atoms with Crippen LogP contribution in [-0.4, -0.2) is 28.1 Å². The third kappa shape index (κ3) is 2.67. The zero-order valence-electron chi connectivity index (χ0n) is 11.9. The van der Waals surface area contributed by atoms with Crippen LogP contribution in [0, 0.1) is 0 Å². The summed E-state index contributed by atoms with van der Waals surface area (Å²) in [7, 11) is 1.76. The molecule has 3 N–H and O–H groups in total. The first-order valence-corrected chi connectivity index (χ1v) is 6.72. The summed E-state index contributed by atoms with van der Waals surface area (Å²) < 4.78 is 0. The van der Waals surface area contributed by atoms with Gasteiger partial charge in [0.05, 0.1) is 16.6 Å². The molecule has 0 saturated heterocycles. The van der Waals surface area contributed by atoms with E-state index in [0.717, 1.165) is 11.0 Å². The van der Waals surface area contributed by atoms with Gasteiger partial charge in [-0.3, -0.25) is 0 Å². The molecule has 6 heteroatoms. The Kier molecular flexibility index (Phi) is 3.57. The van der Waals surface area contributed by atoms with Gasteiger partial charge in [0.25, 0.3) is 0 Å². The van der Waals surface area contributed by atoms with Crippen LogP contribution >= 0.6 is 0 Å². The summed E-state index contributed by atoms with van der Waals surface area (Å²) in [5.41, 5.74) is 2.40. The molecule has 0 spiro atoms. The maximum atomic E-state index is 11.0. The summed E-state index contributed by atoms with van der Waals surface area (Å²) >= 11 is 0. The van der Waals surface area contributed by atoms with Crippen LogP contribution in [0.2, 0.25) is 0 Å². The molecule has 0 unspecified atom stereocenters. The Bertz CT molecular complexity index is 848. The molecule has 22 heavy (non-hydrogen) atoms. The lowest BCUT2D eigenvalue weighted by Crippen LogP contribution is -2.04. The van der Waals surface area contributed by atoms with Gasteiger partial charge in [0.2, 0.25) is 0 Å². The van der Waals surface area contributed by atoms with Gasteiger partial charge in [-0.15, -0.1) is 0 Å². The van der Waals surface area contributed by atoms with Crippen molar-refractivity contribution in [3.63, 3.8) is 0 Å². The zero-order chi connectivity index (χ0) is 15.5. The SMILES string of the molecule is CNc1nc2ccccc2nc1Nc1cccc(C(=O)O)c1. The van der Waals surface area contributed by atoms with Gasteiger partial charge < -0.3 is 15.7 Å². The van der Waals surface area contributed by atoms with Gasteiger partial charge in [0.15, 0.2) is 11.6 Å². The first kappa shape index (κ1) is 13.8. The van der Waals surface area contributed by atoms with E-state index < -0.39 is 5.97 Å². The maximum absolute atomic E-state index is 11.0. The average Bonchev–Trinajstić information content (AvgIpc) is 2.54. The van der Waals surface area contributed by atoms with Crippen molar-refractivity contribution in [2.45, 2.75) is 0 Å². The van der Waals surface area contributed by atoms with Crippen LogP contribution in [0.4, 0.5) is 17.3 Å². The van der Waals surface area contributed by atoms with Crippen molar-refractivity contribution in [3.05, 3.63) is 54.1 Å². The van der Waals surface area contributed by atoms with Crippen molar-refractivity contribution in [1.29, 1.82) is 0 Å². The van der Waals surface area contributed by atoms with Gasteiger partial charge >= 0.3 is 5.97 Å². The molecule has 0 radical (unpaired) electrons. The molecule has 0 fully saturated rings. The third-order valence-electron chi connectivity index (χ3n) is 3.18. The number of aromatic carboxylic acids is 1. The minimum Gasteiger partial charge on any atom is -0.478 e. The molecule has 6 nitrogen and oxygen atoms in total. The molecular formula is C16H14N4O2. The molecular weight excluding hydrogens is 280 g/mol. The van der Waals surface area contributed by atoms with Gasteiger partial charge in [-0.05, 0) is 30.3 Å². The molecule has 1 aromatic heterocycles. The third-order valence-corrected chi connectivity index (χ3v) is 3.18. The number of carboxylic acids is 1. The fraction of sp³-hybridized carbons (Fsp3) is 0.0625. The summed E-state index contributed by atoms with van der Waals surface area (Å²) in [5, 5.41) is 15.2. The second kappa shape index (κ2) is 5.69. The largest absolute Gasteiger partial charge is 0.478 e. The minimum atomic E-state index is -0.970. The highest BCUT2D eigenvalue weighted by atomic mass is 16.4. The number of benzene rings is 2. The molecule has 0 aliphatic heterocycles. The fourth-order valence-corrected chi connectivity index (χ4v) is 2.13. The average molecular weight is 294 g/mol. The van der Waals surface area contributed by atoms with Crippen LogP contribution < -0.4 is 10.6 Å². The summed E-state index contributed by atoms with van der Waals surface area (Å²) in [6.07, 6.45) is 0. The van der Waals surface area contributed by atoms with Crippen LogP contribution in [-0.2, 0) is 0 Å². The van der Waals surface area contributed by atoms with Crippen LogP contribution in [0.1, 0.15) is 10.4 Å². The second-order valence-electron chi connectivity index (χ2n) is 4.67. The topological polar surface area (TPSA) is 87.1 Å². The Hall–Kier alpha value is -3.15. The van der Waals surface area contributed by atoms with E-state index in [4.69, 9.17) is 5.11 Å². The first-order chi connectivity index (χ1) is 10.7. The Balaban J connectivity index is 2.02. The quantitative estimate of drug-likeness (QED) is 0.685. The summed E-state index contributed by atoms with van der Waals surface area (Å²) in [6, 6.07) is 14.1. The normalized spacial score (nSPS) is 10.4. The van der Waals surface area contributed by atoms with Gasteiger partial charge in [0, 0.05) is 12.7 Å². The van der Waals surface area contributed by atoms with Crippen molar-refractivity contribution >= 4 is 34.3 Å². The van der Waals surface area contributed by atoms with E-state index in [9.17, 15) is 4.79 Å². The standard InChI is InChI=1S/C16H14N4O2/c1-17-14-15(20-13-8-3-2-7-12(13)19-14)18-11-6-4-5-10(9-11)16(21)22/h2-9H,1H3,(H,17,19)(H,18,20)(H,21,22). The number of aromatic nitrogens is 2. The Labute approximate surface area is 126 Å². The second-order valence-corrected chi connectivity index (χ2v) is 4.67. The Morgan fingerprint density at radius 1 is 1.00 bits per heavy atom. The van der Waals surface area contributed by atoms with Crippen molar-refractivity contribution in [1.82, 2.24) is 9.97 Å². The Morgan fingerprint density at radius 2 is 1.68 bits per heavy atom. The number of para-hydroxylation sites is 2. The molecule has 3 rings (SSSR count). The number of carbonyl (C=O) groups is 1. The number of anilines is 3. The van der Waals surface area contributed by atoms with E-state index in [0.29, 0.717) is 17.3 Å². The highest BCUT2D eigenvalue weighted by Crippen LogP contribution is 2.24. The Morgan fingerprint density at radius 3 is 2.32 bits per heavy atom. The molecule has 110 valence electrons. The van der Waals surface area contributed by atoms with Crippen LogP contribution in [0.15, 0.2) is 48.5 Å². The van der Waals surface area contributed by atoms with Gasteiger partial charge in [-0.2, -0.15) is 0 Å². The number of carboxylic acid groups (broad SMARTS) is 1. The fourth-order valence-electron chi connectivity index (χ4n) is 2.13. The highest BCUT2D eigenvalue weighted by Gasteiger charge is 2.09. The van der Waals surface area contributed by atoms with Crippen LogP contribution in [0.25, 0.3) is 11.0 Å². The summed E-state index contributed by atoms with van der Waals surface area (Å²) in [6.45, 7) is 0. The summed E-state index contributed by atoms with van der Waals surface area (Å²) in [4.78, 5) is 20.1. The number of nitrogens with one attached hydrogen (secondary N) is 2. The van der Waals surface area contributed by atoms with Gasteiger partial charge in [-0.25, -0.2) is 14.8 Å². The summed E-state index contributed by atoms with van der Waals surface area (Å²) in [5.74, 6) is 0.172. The lowest BCUT2D eigenvalue weighted by atomic mass is 10.2. The number of nitrogens with zero attached hydrogens (tertiary/aromatic N) is 2. The lowest BCUT2D eigenvalue weighted by Gasteiger charge is -2.11. The predicted octanol–water partition coefficient (Wildman–Crippen LogP) is 3.11. The maximum Gasteiger partial charge on any atom is 0.335 e. The lowest BCUT2D eigenvalue weighted by molar-refractivity contribution is 0.0697. The smallest absolute Gasteiger partial charge is 0.335 e. The number of hydrogen-bond donors (Lipinski definition) is 3. The number of hydrogen-bond acceptors (Lipinski definition) is 5. The van der Waals surface area contributed by atoms with Crippen LogP contribution in [0.3, 0.4) is 0 Å². The van der Waals surface area contributed by atoms with Crippen molar-refractivity contribution < 1.29 is 9.90 Å². The van der Waals surface area contributed by atoms with Gasteiger partial charge in [-0.1, -0.05) is 18.2 Å². The van der Waals surface area contributed by atoms with E-state index in [2.05, 4.69) is 20.6 Å². The number of fused-ring (bicyclic) bond motifs is 1. The van der Waals surface area contributed by atoms with E-state index in [-0.39, 0.29) is 5.56 Å². The molecule has 0 bridgehead atoms. The van der Waals surface area contributed by atoms with Gasteiger partial charge in [0.1, 0.15) is 0 Å². The van der Waals surface area contributed by atoms with E-state index in [1.165, 1.54) is 0 Å². The monoisotopic (exact) mass is 294 g/mol. The zero-order valence-corrected chi connectivity index (χ0v) is 11.9. The predicted molar refractivity (Wildman–Crippen MR) is 85.8 cm³/mol. The molecule has 0 aliphatic carbocycles. The number of rotatable bonds is 4. The first-order valence-electron chi connectivity index (χ1n) is 6.72. The van der Waals surface area contributed by atoms with Crippen molar-refractivity contribution in [2.24, 2.45) is 0 Å². The molecule has 0 amide bonds. The minimum absolute atomic E-state index is 0.213. The molecule has 3 aromatic rings. The van der Waals surface area contributed by atoms with Crippen LogP contribution in [0.5, 0.6) is 0 Å². The van der Waals surface area contributed by atoms with E-state index >= 15 is 0 Å². The molecule has 0 aliphatic rings. The van der Waals surface area contributed by atoms with Crippen molar-refractivity contribution in [2.75, 3.05) is 17.7 Å². The highest BCUT2D eigenvalue weighted by molar-refractivity contribution is 5.89. The van der Waals surface area contributed by atoms with E-state index in [1.54, 1.807) is 31.3 Å². The molecule has 0 saturated carbocycles. The van der Waals surface area contributed by atoms with Crippen molar-refractivity contribution in [3.8, 4) is 0 Å². The molecule has 1 heterocycles. The van der Waals surface area contributed by atoms with E-state index in [1.807, 2.05) is 24.3 Å². The molecule has 2 aromatic carbocycles. The molecule has 0 atom stereocenters.